The Balaban J connectivity index is 2.46. The van der Waals surface area contributed by atoms with Gasteiger partial charge in [0.1, 0.15) is 11.5 Å². The summed E-state index contributed by atoms with van der Waals surface area (Å²) in [5.41, 5.74) is 0.311. The summed E-state index contributed by atoms with van der Waals surface area (Å²) < 4.78 is 41.5. The van der Waals surface area contributed by atoms with E-state index in [1.807, 2.05) is 6.92 Å². The Hall–Kier alpha value is -1.84. The summed E-state index contributed by atoms with van der Waals surface area (Å²) in [5.74, 6) is 0.304. The zero-order valence-electron chi connectivity index (χ0n) is 14.8. The molecule has 25 heavy (non-hydrogen) atoms. The van der Waals surface area contributed by atoms with Gasteiger partial charge in [-0.2, -0.15) is 0 Å². The topological polar surface area (TPSA) is 103 Å². The predicted molar refractivity (Wildman–Crippen MR) is 94.8 cm³/mol. The van der Waals surface area contributed by atoms with Crippen molar-refractivity contribution in [2.75, 3.05) is 46.3 Å². The maximum atomic E-state index is 12.2. The summed E-state index contributed by atoms with van der Waals surface area (Å²) in [6.45, 7) is 3.29. The van der Waals surface area contributed by atoms with Gasteiger partial charge in [0.25, 0.3) is 5.91 Å². The van der Waals surface area contributed by atoms with Crippen LogP contribution in [0.5, 0.6) is 11.5 Å². The second-order valence-corrected chi connectivity index (χ2v) is 7.01. The summed E-state index contributed by atoms with van der Waals surface area (Å²) in [7, 11) is -0.483. The Kier molecular flexibility index (Phi) is 9.25. The number of methoxy groups -OCH3 is 2. The zero-order valence-corrected chi connectivity index (χ0v) is 15.6. The standard InChI is InChI=1S/C16H26N2O6S/c1-4-24-10-5-8-18-25(20,21)11-9-17-16(19)14-7-6-13(22-2)12-15(14)23-3/h6-7,12,18H,4-5,8-11H2,1-3H3,(H,17,19). The molecule has 0 aliphatic carbocycles. The summed E-state index contributed by atoms with van der Waals surface area (Å²) in [6, 6.07) is 4.78. The number of rotatable bonds is 12. The molecule has 0 aromatic heterocycles. The fraction of sp³-hybridized carbons (Fsp3) is 0.562. The monoisotopic (exact) mass is 374 g/mol. The lowest BCUT2D eigenvalue weighted by Gasteiger charge is -2.11. The number of ether oxygens (including phenoxy) is 3. The van der Waals surface area contributed by atoms with Crippen molar-refractivity contribution < 1.29 is 27.4 Å². The van der Waals surface area contributed by atoms with Crippen molar-refractivity contribution in [1.82, 2.24) is 10.0 Å². The third-order valence-corrected chi connectivity index (χ3v) is 4.69. The Morgan fingerprint density at radius 2 is 1.92 bits per heavy atom. The second-order valence-electron chi connectivity index (χ2n) is 5.09. The molecule has 0 spiro atoms. The van der Waals surface area contributed by atoms with Crippen molar-refractivity contribution in [3.63, 3.8) is 0 Å². The number of amides is 1. The van der Waals surface area contributed by atoms with Crippen LogP contribution in [0.25, 0.3) is 0 Å². The average molecular weight is 374 g/mol. The summed E-state index contributed by atoms with van der Waals surface area (Å²) in [4.78, 5) is 12.2. The van der Waals surface area contributed by atoms with Crippen LogP contribution in [0.1, 0.15) is 23.7 Å². The van der Waals surface area contributed by atoms with Crippen LogP contribution < -0.4 is 19.5 Å². The molecule has 0 unspecified atom stereocenters. The van der Waals surface area contributed by atoms with Crippen LogP contribution in [0.3, 0.4) is 0 Å². The Morgan fingerprint density at radius 3 is 2.56 bits per heavy atom. The lowest BCUT2D eigenvalue weighted by atomic mass is 10.2. The maximum Gasteiger partial charge on any atom is 0.255 e. The van der Waals surface area contributed by atoms with E-state index in [2.05, 4.69) is 10.0 Å². The van der Waals surface area contributed by atoms with Crippen molar-refractivity contribution in [3.05, 3.63) is 23.8 Å². The van der Waals surface area contributed by atoms with Gasteiger partial charge in [0.2, 0.25) is 10.0 Å². The maximum absolute atomic E-state index is 12.2. The van der Waals surface area contributed by atoms with Gasteiger partial charge >= 0.3 is 0 Å². The molecule has 9 heteroatoms. The van der Waals surface area contributed by atoms with Gasteiger partial charge in [-0.25, -0.2) is 13.1 Å². The minimum absolute atomic E-state index is 0.00515. The van der Waals surface area contributed by atoms with Crippen LogP contribution in [0, 0.1) is 0 Å². The third-order valence-electron chi connectivity index (χ3n) is 3.30. The minimum Gasteiger partial charge on any atom is -0.497 e. The van der Waals surface area contributed by atoms with Gasteiger partial charge < -0.3 is 19.5 Å². The number of benzene rings is 1. The van der Waals surface area contributed by atoms with Gasteiger partial charge in [-0.3, -0.25) is 4.79 Å². The van der Waals surface area contributed by atoms with E-state index in [1.54, 1.807) is 18.2 Å². The van der Waals surface area contributed by atoms with Gasteiger partial charge in [-0.15, -0.1) is 0 Å². The molecule has 1 amide bonds. The van der Waals surface area contributed by atoms with Crippen LogP contribution >= 0.6 is 0 Å². The van der Waals surface area contributed by atoms with Crippen molar-refractivity contribution in [3.8, 4) is 11.5 Å². The molecule has 0 aliphatic heterocycles. The largest absolute Gasteiger partial charge is 0.497 e. The first kappa shape index (κ1) is 21.2. The first-order valence-corrected chi connectivity index (χ1v) is 9.64. The highest BCUT2D eigenvalue weighted by Crippen LogP contribution is 2.24. The summed E-state index contributed by atoms with van der Waals surface area (Å²) >= 11 is 0. The third kappa shape index (κ3) is 7.72. The van der Waals surface area contributed by atoms with Crippen molar-refractivity contribution in [2.45, 2.75) is 13.3 Å². The quantitative estimate of drug-likeness (QED) is 0.524. The van der Waals surface area contributed by atoms with Gasteiger partial charge in [-0.05, 0) is 25.5 Å². The molecule has 1 aromatic carbocycles. The van der Waals surface area contributed by atoms with Crippen LogP contribution in [0.2, 0.25) is 0 Å². The molecule has 8 nitrogen and oxygen atoms in total. The first-order valence-electron chi connectivity index (χ1n) is 7.98. The smallest absolute Gasteiger partial charge is 0.255 e. The minimum atomic E-state index is -3.44. The van der Waals surface area contributed by atoms with Gasteiger partial charge in [-0.1, -0.05) is 0 Å². The van der Waals surface area contributed by atoms with E-state index in [0.29, 0.717) is 43.2 Å². The van der Waals surface area contributed by atoms with E-state index in [0.717, 1.165) is 0 Å². The molecule has 0 fully saturated rings. The molecular weight excluding hydrogens is 348 g/mol. The van der Waals surface area contributed by atoms with Crippen LogP contribution in [-0.2, 0) is 14.8 Å². The highest BCUT2D eigenvalue weighted by molar-refractivity contribution is 7.89. The first-order chi connectivity index (χ1) is 11.9. The van der Waals surface area contributed by atoms with E-state index in [-0.39, 0.29) is 12.3 Å². The van der Waals surface area contributed by atoms with Crippen LogP contribution in [0.4, 0.5) is 0 Å². The van der Waals surface area contributed by atoms with E-state index >= 15 is 0 Å². The molecule has 0 heterocycles. The SMILES string of the molecule is CCOCCCNS(=O)(=O)CCNC(=O)c1ccc(OC)cc1OC. The number of hydrogen-bond donors (Lipinski definition) is 2. The van der Waals surface area contributed by atoms with Gasteiger partial charge in [0.15, 0.2) is 0 Å². The van der Waals surface area contributed by atoms with Crippen molar-refractivity contribution >= 4 is 15.9 Å². The molecule has 0 atom stereocenters. The average Bonchev–Trinajstić information content (AvgIpc) is 2.60. The second kappa shape index (κ2) is 10.9. The fourth-order valence-electron chi connectivity index (χ4n) is 2.00. The van der Waals surface area contributed by atoms with Gasteiger partial charge in [0, 0.05) is 32.4 Å². The van der Waals surface area contributed by atoms with Crippen LogP contribution in [0.15, 0.2) is 18.2 Å². The Morgan fingerprint density at radius 1 is 1.16 bits per heavy atom. The summed E-state index contributed by atoms with van der Waals surface area (Å²) in [6.07, 6.45) is 0.600. The molecule has 0 saturated carbocycles. The van der Waals surface area contributed by atoms with E-state index in [4.69, 9.17) is 14.2 Å². The van der Waals surface area contributed by atoms with Crippen molar-refractivity contribution in [2.24, 2.45) is 0 Å². The van der Waals surface area contributed by atoms with E-state index < -0.39 is 15.9 Å². The molecule has 2 N–H and O–H groups in total. The summed E-state index contributed by atoms with van der Waals surface area (Å²) in [5, 5.41) is 2.57. The molecule has 1 rings (SSSR count). The molecule has 0 radical (unpaired) electrons. The molecular formula is C16H26N2O6S. The Bertz CT molecular complexity index is 648. The molecule has 0 saturated heterocycles. The zero-order chi connectivity index (χ0) is 18.7. The number of carbonyl (C=O) groups excluding carboxylic acids is 1. The number of hydrogen-bond acceptors (Lipinski definition) is 6. The van der Waals surface area contributed by atoms with E-state index in [1.165, 1.54) is 14.2 Å². The lowest BCUT2D eigenvalue weighted by molar-refractivity contribution is 0.0953. The molecule has 0 bridgehead atoms. The van der Waals surface area contributed by atoms with Gasteiger partial charge in [0.05, 0.1) is 25.5 Å². The Labute approximate surface area is 148 Å². The number of sulfonamides is 1. The van der Waals surface area contributed by atoms with E-state index in [9.17, 15) is 13.2 Å². The number of nitrogens with one attached hydrogen (secondary N) is 2. The highest BCUT2D eigenvalue weighted by Gasteiger charge is 2.15. The highest BCUT2D eigenvalue weighted by atomic mass is 32.2. The molecule has 142 valence electrons. The molecule has 1 aromatic rings. The normalized spacial score (nSPS) is 11.2. The van der Waals surface area contributed by atoms with Crippen molar-refractivity contribution in [1.29, 1.82) is 0 Å². The lowest BCUT2D eigenvalue weighted by Crippen LogP contribution is -2.35. The molecule has 0 aliphatic rings. The number of carbonyl (C=O) groups is 1. The fourth-order valence-corrected chi connectivity index (χ4v) is 2.97. The predicted octanol–water partition coefficient (Wildman–Crippen LogP) is 0.780. The van der Waals surface area contributed by atoms with Crippen LogP contribution in [-0.4, -0.2) is 60.6 Å².